The highest BCUT2D eigenvalue weighted by Gasteiger charge is 2.25. The summed E-state index contributed by atoms with van der Waals surface area (Å²) in [5, 5.41) is 2.49. The summed E-state index contributed by atoms with van der Waals surface area (Å²) in [5.74, 6) is 0.144. The van der Waals surface area contributed by atoms with Gasteiger partial charge in [0, 0.05) is 18.5 Å². The number of rotatable bonds is 8. The number of nitrogens with zero attached hydrogens (tertiary/aromatic N) is 3. The van der Waals surface area contributed by atoms with Crippen LogP contribution in [0.5, 0.6) is 0 Å². The van der Waals surface area contributed by atoms with E-state index in [1.807, 2.05) is 43.0 Å². The maximum Gasteiger partial charge on any atom is 0.276 e. The van der Waals surface area contributed by atoms with Crippen LogP contribution >= 0.6 is 0 Å². The quantitative estimate of drug-likeness (QED) is 0.277. The molecule has 0 saturated heterocycles. The third-order valence-corrected chi connectivity index (χ3v) is 7.25. The van der Waals surface area contributed by atoms with E-state index >= 15 is 0 Å². The number of carbonyl (C=O) groups is 1. The van der Waals surface area contributed by atoms with Gasteiger partial charge in [-0.05, 0) is 54.2 Å². The summed E-state index contributed by atoms with van der Waals surface area (Å²) in [7, 11) is -3.75. The molecule has 204 valence electrons. The van der Waals surface area contributed by atoms with Crippen molar-refractivity contribution in [3.63, 3.8) is 0 Å². The molecule has 4 rings (SSSR count). The van der Waals surface area contributed by atoms with Crippen molar-refractivity contribution in [1.82, 2.24) is 9.97 Å². The predicted octanol–water partition coefficient (Wildman–Crippen LogP) is 5.85. The number of nitrogens with one attached hydrogen (secondary N) is 1. The maximum atomic E-state index is 13.6. The molecule has 39 heavy (non-hydrogen) atoms. The molecule has 2 aromatic carbocycles. The first kappa shape index (κ1) is 28.0. The highest BCUT2D eigenvalue weighted by atomic mass is 32.2. The Kier molecular flexibility index (Phi) is 7.92. The molecular weight excluding hydrogens is 512 g/mol. The summed E-state index contributed by atoms with van der Waals surface area (Å²) in [6.07, 6.45) is 4.00. The average Bonchev–Trinajstić information content (AvgIpc) is 3.37. The Balaban J connectivity index is 1.77. The number of sulfone groups is 1. The van der Waals surface area contributed by atoms with Crippen LogP contribution in [0, 0.1) is 13.8 Å². The molecule has 1 N–H and O–H groups in total. The number of carbonyl (C=O) groups excluding carboxylic acids is 1. The van der Waals surface area contributed by atoms with Crippen LogP contribution in [0.3, 0.4) is 0 Å². The Labute approximate surface area is 230 Å². The van der Waals surface area contributed by atoms with E-state index in [0.29, 0.717) is 30.2 Å². The monoisotopic (exact) mass is 546 g/mol. The predicted molar refractivity (Wildman–Crippen MR) is 153 cm³/mol. The fourth-order valence-electron chi connectivity index (χ4n) is 4.22. The van der Waals surface area contributed by atoms with Gasteiger partial charge in [-0.2, -0.15) is 0 Å². The molecule has 0 fully saturated rings. The zero-order chi connectivity index (χ0) is 28.4. The highest BCUT2D eigenvalue weighted by molar-refractivity contribution is 7.90. The molecule has 0 atom stereocenters. The van der Waals surface area contributed by atoms with Crippen molar-refractivity contribution >= 4 is 27.1 Å². The Hall–Kier alpha value is -3.98. The Morgan fingerprint density at radius 2 is 1.74 bits per heavy atom. The largest absolute Gasteiger partial charge is 0.467 e. The average molecular weight is 547 g/mol. The Bertz CT molecular complexity index is 1570. The van der Waals surface area contributed by atoms with Crippen LogP contribution in [0.2, 0.25) is 0 Å². The minimum atomic E-state index is -3.75. The minimum absolute atomic E-state index is 0.0149. The molecule has 9 heteroatoms. The van der Waals surface area contributed by atoms with Crippen molar-refractivity contribution in [3.05, 3.63) is 101 Å². The van der Waals surface area contributed by atoms with Crippen molar-refractivity contribution in [2.24, 2.45) is 0 Å². The fraction of sp³-hybridized carbons (Fsp3) is 0.300. The number of aromatic nitrogens is 2. The van der Waals surface area contributed by atoms with Gasteiger partial charge < -0.3 is 14.6 Å². The lowest BCUT2D eigenvalue weighted by Crippen LogP contribution is -2.27. The Morgan fingerprint density at radius 1 is 1.03 bits per heavy atom. The van der Waals surface area contributed by atoms with E-state index in [-0.39, 0.29) is 11.1 Å². The van der Waals surface area contributed by atoms with Crippen LogP contribution in [0.1, 0.15) is 59.3 Å². The van der Waals surface area contributed by atoms with Crippen LogP contribution in [0.25, 0.3) is 0 Å². The van der Waals surface area contributed by atoms with Crippen molar-refractivity contribution < 1.29 is 17.6 Å². The van der Waals surface area contributed by atoms with Crippen LogP contribution < -0.4 is 10.2 Å². The van der Waals surface area contributed by atoms with Crippen molar-refractivity contribution in [2.45, 2.75) is 58.3 Å². The van der Waals surface area contributed by atoms with E-state index in [1.54, 1.807) is 12.3 Å². The Morgan fingerprint density at radius 3 is 2.33 bits per heavy atom. The molecule has 0 bridgehead atoms. The summed E-state index contributed by atoms with van der Waals surface area (Å²) in [5.41, 5.74) is 5.14. The summed E-state index contributed by atoms with van der Waals surface area (Å²) in [6.45, 7) is 11.1. The van der Waals surface area contributed by atoms with E-state index in [1.165, 1.54) is 11.8 Å². The molecule has 8 nitrogen and oxygen atoms in total. The third kappa shape index (κ3) is 6.92. The number of aryl methyl sites for hydroxylation is 2. The number of benzene rings is 2. The second-order valence-electron chi connectivity index (χ2n) is 10.8. The number of hydrogen-bond donors (Lipinski definition) is 1. The van der Waals surface area contributed by atoms with E-state index in [9.17, 15) is 13.2 Å². The van der Waals surface area contributed by atoms with Gasteiger partial charge in [-0.25, -0.2) is 18.4 Å². The first-order valence-electron chi connectivity index (χ1n) is 12.6. The normalized spacial score (nSPS) is 11.8. The number of amides is 1. The van der Waals surface area contributed by atoms with Crippen molar-refractivity contribution in [3.8, 4) is 0 Å². The summed E-state index contributed by atoms with van der Waals surface area (Å²) in [4.78, 5) is 23.9. The number of furan rings is 1. The van der Waals surface area contributed by atoms with Crippen LogP contribution in [0.15, 0.2) is 76.6 Å². The summed E-state index contributed by atoms with van der Waals surface area (Å²) >= 11 is 0. The van der Waals surface area contributed by atoms with Crippen LogP contribution in [-0.2, 0) is 28.3 Å². The van der Waals surface area contributed by atoms with Crippen LogP contribution in [0.4, 0.5) is 11.4 Å². The van der Waals surface area contributed by atoms with Gasteiger partial charge in [0.05, 0.1) is 24.7 Å². The molecule has 0 spiro atoms. The molecule has 0 saturated carbocycles. The molecule has 4 aromatic rings. The molecule has 0 radical (unpaired) electrons. The first-order valence-corrected chi connectivity index (χ1v) is 14.5. The van der Waals surface area contributed by atoms with E-state index < -0.39 is 20.9 Å². The SMILES string of the molecule is Cc1ccc(NC(=O)c2nc(S(C)(=O)=O)ncc2N(Cc2ccc(C(C)(C)C)cc2)Cc2ccco2)c(C)c1. The van der Waals surface area contributed by atoms with Crippen molar-refractivity contribution in [2.75, 3.05) is 16.5 Å². The van der Waals surface area contributed by atoms with E-state index in [2.05, 4.69) is 60.3 Å². The molecule has 1 amide bonds. The topological polar surface area (TPSA) is 105 Å². The number of hydrogen-bond acceptors (Lipinski definition) is 7. The van der Waals surface area contributed by atoms with Gasteiger partial charge in [0.2, 0.25) is 15.0 Å². The zero-order valence-corrected chi connectivity index (χ0v) is 24.0. The number of anilines is 2. The van der Waals surface area contributed by atoms with Gasteiger partial charge in [-0.3, -0.25) is 4.79 Å². The molecular formula is C30H34N4O4S. The van der Waals surface area contributed by atoms with E-state index in [0.717, 1.165) is 22.9 Å². The smallest absolute Gasteiger partial charge is 0.276 e. The molecule has 2 heterocycles. The maximum absolute atomic E-state index is 13.6. The van der Waals surface area contributed by atoms with Gasteiger partial charge in [-0.1, -0.05) is 62.7 Å². The minimum Gasteiger partial charge on any atom is -0.467 e. The molecule has 0 aliphatic heterocycles. The van der Waals surface area contributed by atoms with Gasteiger partial charge in [0.1, 0.15) is 5.76 Å². The van der Waals surface area contributed by atoms with Crippen molar-refractivity contribution in [1.29, 1.82) is 0 Å². The zero-order valence-electron chi connectivity index (χ0n) is 23.1. The molecule has 0 unspecified atom stereocenters. The molecule has 0 aliphatic carbocycles. The fourth-order valence-corrected chi connectivity index (χ4v) is 4.72. The lowest BCUT2D eigenvalue weighted by molar-refractivity contribution is 0.102. The third-order valence-electron chi connectivity index (χ3n) is 6.39. The standard InChI is InChI=1S/C30H34N4O4S/c1-20-9-14-25(21(2)16-20)32-28(35)27-26(17-31-29(33-27)39(6,36)37)34(19-24-8-7-15-38-24)18-22-10-12-23(13-11-22)30(3,4)5/h7-17H,18-19H2,1-6H3,(H,32,35). The lowest BCUT2D eigenvalue weighted by atomic mass is 9.87. The van der Waals surface area contributed by atoms with Gasteiger partial charge >= 0.3 is 0 Å². The lowest BCUT2D eigenvalue weighted by Gasteiger charge is -2.26. The second kappa shape index (κ2) is 11.0. The summed E-state index contributed by atoms with van der Waals surface area (Å²) in [6, 6.07) is 17.6. The van der Waals surface area contributed by atoms with Gasteiger partial charge in [0.15, 0.2) is 5.69 Å². The second-order valence-corrected chi connectivity index (χ2v) is 12.7. The molecule has 0 aliphatic rings. The van der Waals surface area contributed by atoms with Crippen LogP contribution in [-0.4, -0.2) is 30.5 Å². The highest BCUT2D eigenvalue weighted by Crippen LogP contribution is 2.27. The summed E-state index contributed by atoms with van der Waals surface area (Å²) < 4.78 is 30.2. The van der Waals surface area contributed by atoms with Gasteiger partial charge in [-0.15, -0.1) is 0 Å². The van der Waals surface area contributed by atoms with E-state index in [4.69, 9.17) is 4.42 Å². The first-order chi connectivity index (χ1) is 18.3. The molecule has 2 aromatic heterocycles. The van der Waals surface area contributed by atoms with Gasteiger partial charge in [0.25, 0.3) is 5.91 Å².